The number of hydrogen-bond donors (Lipinski definition) is 2. The van der Waals surface area contributed by atoms with Crippen molar-refractivity contribution in [1.29, 1.82) is 0 Å². The first-order chi connectivity index (χ1) is 36.4. The molecule has 2 saturated heterocycles. The molecule has 14 nitrogen and oxygen atoms in total. The summed E-state index contributed by atoms with van der Waals surface area (Å²) in [6.45, 7) is 14.2. The summed E-state index contributed by atoms with van der Waals surface area (Å²) in [4.78, 5) is 68.1. The molecule has 0 amide bonds. The van der Waals surface area contributed by atoms with Gasteiger partial charge < -0.3 is 43.4 Å². The average Bonchev–Trinajstić information content (AvgIpc) is 3.87. The number of aliphatic hydroxyl groups excluding tert-OH is 2. The van der Waals surface area contributed by atoms with Crippen molar-refractivity contribution in [2.75, 3.05) is 13.2 Å². The summed E-state index contributed by atoms with van der Waals surface area (Å²) < 4.78 is 43.2. The number of aliphatic hydroxyl groups is 2. The number of ether oxygens (including phenoxy) is 7. The second kappa shape index (κ2) is 23.6. The number of carbonyl (C=O) groups is 5. The molecule has 3 aromatic carbocycles. The van der Waals surface area contributed by atoms with Crippen molar-refractivity contribution in [3.05, 3.63) is 108 Å². The molecule has 412 valence electrons. The van der Waals surface area contributed by atoms with Crippen LogP contribution in [0.5, 0.6) is 0 Å². The van der Waals surface area contributed by atoms with Crippen LogP contribution in [0.4, 0.5) is 0 Å². The minimum Gasteiger partial charge on any atom is -0.459 e. The number of rotatable bonds is 17. The Balaban J connectivity index is 0.781. The third-order valence-corrected chi connectivity index (χ3v) is 19.4. The van der Waals surface area contributed by atoms with E-state index < -0.39 is 78.9 Å². The standard InChI is InChI=1S/C62H80O14/c1-35(33-71-60-55(76-58(69)42-21-15-10-16-22-42)54(36(2)39(5)72-60)75-57(68)41-19-13-9-14-20-41)23-26-48(63)37(3)51-49(64)32-47-45-25-24-43-31-44(27-29-61(43,6)46(45)28-30-62(47,51)7)73-59-53(66)38(4)52(65)50(74-59)34-70-56(67)40-17-11-8-12-18-40/h8-22,35-39,43-47,50-55,59-60,65-66H,23-34H2,1-7H3/t35-,36-,37+,38-,39?,43?,44?,45?,46?,47?,50?,51?,52-,53?,54-,55?,59+,60+,61?,62?/m0/s1. The van der Waals surface area contributed by atoms with Gasteiger partial charge in [0.25, 0.3) is 0 Å². The molecule has 4 saturated carbocycles. The number of benzene rings is 3. The van der Waals surface area contributed by atoms with Crippen LogP contribution in [0.1, 0.15) is 144 Å². The molecule has 14 heteroatoms. The molecule has 0 spiro atoms. The van der Waals surface area contributed by atoms with Crippen LogP contribution in [0, 0.1) is 64.1 Å². The van der Waals surface area contributed by atoms with Crippen LogP contribution in [-0.4, -0.2) is 108 Å². The molecule has 6 aliphatic rings. The summed E-state index contributed by atoms with van der Waals surface area (Å²) in [5, 5.41) is 22.2. The zero-order valence-electron chi connectivity index (χ0n) is 45.3. The van der Waals surface area contributed by atoms with Crippen LogP contribution in [0.3, 0.4) is 0 Å². The predicted octanol–water partition coefficient (Wildman–Crippen LogP) is 9.62. The van der Waals surface area contributed by atoms with Gasteiger partial charge in [-0.05, 0) is 135 Å². The molecule has 76 heavy (non-hydrogen) atoms. The molecular weight excluding hydrogens is 969 g/mol. The highest BCUT2D eigenvalue weighted by atomic mass is 16.7. The Hall–Kier alpha value is -4.83. The highest BCUT2D eigenvalue weighted by Crippen LogP contribution is 2.68. The van der Waals surface area contributed by atoms with Crippen LogP contribution < -0.4 is 0 Å². The van der Waals surface area contributed by atoms with E-state index in [4.69, 9.17) is 33.2 Å². The lowest BCUT2D eigenvalue weighted by Crippen LogP contribution is -2.57. The van der Waals surface area contributed by atoms with Gasteiger partial charge in [0.05, 0.1) is 41.6 Å². The van der Waals surface area contributed by atoms with Gasteiger partial charge in [0, 0.05) is 36.5 Å². The number of fused-ring (bicyclic) bond motifs is 5. The Bertz CT molecular complexity index is 2490. The van der Waals surface area contributed by atoms with Crippen LogP contribution in [0.25, 0.3) is 0 Å². The van der Waals surface area contributed by atoms with Gasteiger partial charge in [-0.15, -0.1) is 0 Å². The van der Waals surface area contributed by atoms with Crippen LogP contribution in [0.2, 0.25) is 0 Å². The van der Waals surface area contributed by atoms with E-state index in [1.54, 1.807) is 79.7 Å². The molecule has 0 bridgehead atoms. The number of hydrogen-bond acceptors (Lipinski definition) is 14. The van der Waals surface area contributed by atoms with Crippen LogP contribution in [-0.2, 0) is 42.7 Å². The Morgan fingerprint density at radius 2 is 1.28 bits per heavy atom. The van der Waals surface area contributed by atoms with E-state index in [1.165, 1.54) is 0 Å². The summed E-state index contributed by atoms with van der Waals surface area (Å²) in [7, 11) is 0. The van der Waals surface area contributed by atoms with Gasteiger partial charge in [0.1, 0.15) is 36.5 Å². The van der Waals surface area contributed by atoms with Gasteiger partial charge in [0.2, 0.25) is 0 Å². The van der Waals surface area contributed by atoms with Crippen molar-refractivity contribution in [2.24, 2.45) is 64.1 Å². The fraction of sp³-hybridized carbons (Fsp3) is 0.629. The first-order valence-electron chi connectivity index (χ1n) is 28.1. The highest BCUT2D eigenvalue weighted by molar-refractivity contribution is 5.92. The van der Waals surface area contributed by atoms with Crippen molar-refractivity contribution >= 4 is 29.5 Å². The van der Waals surface area contributed by atoms with Crippen molar-refractivity contribution in [1.82, 2.24) is 0 Å². The van der Waals surface area contributed by atoms with Gasteiger partial charge in [-0.2, -0.15) is 0 Å². The molecule has 2 aliphatic heterocycles. The van der Waals surface area contributed by atoms with Crippen molar-refractivity contribution in [3.63, 3.8) is 0 Å². The molecule has 20 atom stereocenters. The minimum atomic E-state index is -1.07. The van der Waals surface area contributed by atoms with Crippen LogP contribution in [0.15, 0.2) is 91.0 Å². The second-order valence-electron chi connectivity index (χ2n) is 24.0. The maximum atomic E-state index is 14.3. The zero-order chi connectivity index (χ0) is 54.1. The fourth-order valence-electron chi connectivity index (χ4n) is 14.6. The number of ketones is 2. The maximum absolute atomic E-state index is 14.3. The largest absolute Gasteiger partial charge is 0.459 e. The van der Waals surface area contributed by atoms with E-state index in [1.807, 2.05) is 45.9 Å². The summed E-state index contributed by atoms with van der Waals surface area (Å²) in [5.41, 5.74) is 0.904. The molecule has 6 fully saturated rings. The topological polar surface area (TPSA) is 190 Å². The summed E-state index contributed by atoms with van der Waals surface area (Å²) in [6, 6.07) is 25.9. The van der Waals surface area contributed by atoms with E-state index in [9.17, 15) is 34.2 Å². The minimum absolute atomic E-state index is 0.0601. The van der Waals surface area contributed by atoms with Crippen molar-refractivity contribution in [3.8, 4) is 0 Å². The summed E-state index contributed by atoms with van der Waals surface area (Å²) >= 11 is 0. The Morgan fingerprint density at radius 1 is 0.684 bits per heavy atom. The normalized spacial score (nSPS) is 37.8. The van der Waals surface area contributed by atoms with Gasteiger partial charge in [-0.3, -0.25) is 9.59 Å². The van der Waals surface area contributed by atoms with Gasteiger partial charge >= 0.3 is 17.9 Å². The molecule has 2 heterocycles. The van der Waals surface area contributed by atoms with Crippen molar-refractivity contribution in [2.45, 2.75) is 168 Å². The lowest BCUT2D eigenvalue weighted by atomic mass is 9.44. The third kappa shape index (κ3) is 11.5. The highest BCUT2D eigenvalue weighted by Gasteiger charge is 2.64. The quantitative estimate of drug-likeness (QED) is 0.0738. The smallest absolute Gasteiger partial charge is 0.338 e. The molecule has 3 aromatic rings. The predicted molar refractivity (Wildman–Crippen MR) is 280 cm³/mol. The number of carbonyl (C=O) groups excluding carboxylic acids is 5. The van der Waals surface area contributed by atoms with E-state index in [0.29, 0.717) is 53.7 Å². The number of esters is 3. The van der Waals surface area contributed by atoms with E-state index in [0.717, 1.165) is 44.9 Å². The molecule has 4 aliphatic carbocycles. The maximum Gasteiger partial charge on any atom is 0.338 e. The second-order valence-corrected chi connectivity index (χ2v) is 24.0. The molecule has 0 aromatic heterocycles. The Labute approximate surface area is 448 Å². The molecule has 12 unspecified atom stereocenters. The Morgan fingerprint density at radius 3 is 1.91 bits per heavy atom. The van der Waals surface area contributed by atoms with Gasteiger partial charge in [-0.1, -0.05) is 96.1 Å². The molecule has 0 radical (unpaired) electrons. The monoisotopic (exact) mass is 1050 g/mol. The van der Waals surface area contributed by atoms with E-state index >= 15 is 0 Å². The lowest BCUT2D eigenvalue weighted by molar-refractivity contribution is -0.305. The number of Topliss-reactive ketones (excluding diaryl/α,β-unsaturated/α-hetero) is 2. The van der Waals surface area contributed by atoms with Gasteiger partial charge in [-0.25, -0.2) is 14.4 Å². The molecule has 2 N–H and O–H groups in total. The third-order valence-electron chi connectivity index (χ3n) is 19.4. The summed E-state index contributed by atoms with van der Waals surface area (Å²) in [6.07, 6.45) is 0.397. The molecular formula is C62H80O14. The first-order valence-corrected chi connectivity index (χ1v) is 28.1. The fourth-order valence-corrected chi connectivity index (χ4v) is 14.6. The van der Waals surface area contributed by atoms with E-state index in [2.05, 4.69) is 13.8 Å². The zero-order valence-corrected chi connectivity index (χ0v) is 45.3. The lowest BCUT2D eigenvalue weighted by Gasteiger charge is -2.61. The SMILES string of the molecule is CC1O[C@@H](OC[C@@H](C)CCC(=O)[C@@H](C)C2C(=O)CC3C4CCC5CC(O[C@@H]6OC(COC(=O)c7ccccc7)[C@@H](O)[C@H](C)C6O)CCC5(C)C4CCC32C)C(OC(=O)c2ccccc2)[C@@H](OC(=O)c2ccccc2)[C@H]1C. The van der Waals surface area contributed by atoms with Crippen LogP contribution >= 0.6 is 0 Å². The summed E-state index contributed by atoms with van der Waals surface area (Å²) in [5.74, 6) is -1.65. The van der Waals surface area contributed by atoms with E-state index in [-0.39, 0.29) is 65.4 Å². The average molecular weight is 1050 g/mol. The first kappa shape index (κ1) is 55.9. The molecule has 9 rings (SSSR count). The Kier molecular flexibility index (Phi) is 17.4. The van der Waals surface area contributed by atoms with Gasteiger partial charge in [0.15, 0.2) is 18.7 Å². The van der Waals surface area contributed by atoms with Crippen molar-refractivity contribution < 1.29 is 67.3 Å².